The summed E-state index contributed by atoms with van der Waals surface area (Å²) in [6.45, 7) is 5.18. The first-order chi connectivity index (χ1) is 10.3. The van der Waals surface area contributed by atoms with Gasteiger partial charge in [0, 0.05) is 0 Å². The monoisotopic (exact) mass is 339 g/mol. The fourth-order valence-corrected chi connectivity index (χ4v) is 2.57. The van der Waals surface area contributed by atoms with Crippen LogP contribution in [-0.2, 0) is 0 Å². The molecule has 0 aliphatic rings. The maximum absolute atomic E-state index is 12.4. The molecule has 0 radical (unpaired) electrons. The number of rotatable bonds is 3. The average molecular weight is 340 g/mol. The van der Waals surface area contributed by atoms with Crippen molar-refractivity contribution in [3.8, 4) is 0 Å². The first kappa shape index (κ1) is 16.5. The molecule has 2 aromatic rings. The molecule has 0 spiro atoms. The molecule has 0 unspecified atom stereocenters. The van der Waals surface area contributed by atoms with Crippen LogP contribution in [0.4, 0.5) is 0 Å². The first-order valence-electron chi connectivity index (χ1n) is 6.63. The van der Waals surface area contributed by atoms with Crippen molar-refractivity contribution in [2.75, 3.05) is 0 Å². The van der Waals surface area contributed by atoms with Crippen molar-refractivity contribution in [2.45, 2.75) is 26.8 Å². The van der Waals surface area contributed by atoms with Gasteiger partial charge in [0.15, 0.2) is 0 Å². The van der Waals surface area contributed by atoms with E-state index in [0.717, 1.165) is 0 Å². The number of nitrogens with zero attached hydrogens (tertiary/aromatic N) is 1. The van der Waals surface area contributed by atoms with Gasteiger partial charge in [0.25, 0.3) is 11.5 Å². The number of hydrogen-bond donors (Lipinski definition) is 2. The van der Waals surface area contributed by atoms with Crippen molar-refractivity contribution >= 4 is 29.1 Å². The average Bonchev–Trinajstić information content (AvgIpc) is 2.46. The predicted molar refractivity (Wildman–Crippen MR) is 86.7 cm³/mol. The Morgan fingerprint density at radius 1 is 1.32 bits per heavy atom. The summed E-state index contributed by atoms with van der Waals surface area (Å²) in [7, 11) is 0. The van der Waals surface area contributed by atoms with Gasteiger partial charge >= 0.3 is 0 Å². The van der Waals surface area contributed by atoms with Crippen molar-refractivity contribution in [3.63, 3.8) is 0 Å². The van der Waals surface area contributed by atoms with Gasteiger partial charge in [0.1, 0.15) is 5.56 Å². The minimum atomic E-state index is -0.523. The molecule has 22 heavy (non-hydrogen) atoms. The second-order valence-corrected chi connectivity index (χ2v) is 5.76. The predicted octanol–water partition coefficient (Wildman–Crippen LogP) is 3.18. The number of halogens is 2. The number of aryl methyl sites for hydroxylation is 1. The molecule has 0 saturated carbocycles. The van der Waals surface area contributed by atoms with Crippen molar-refractivity contribution in [1.29, 1.82) is 0 Å². The fraction of sp³-hybridized carbons (Fsp3) is 0.267. The molecule has 0 aliphatic carbocycles. The Hall–Kier alpha value is -1.85. The van der Waals surface area contributed by atoms with E-state index in [0.29, 0.717) is 26.9 Å². The number of H-pyrrole nitrogens is 1. The molecular weight excluding hydrogens is 325 g/mol. The van der Waals surface area contributed by atoms with E-state index >= 15 is 0 Å². The Balaban J connectivity index is 2.32. The van der Waals surface area contributed by atoms with Crippen LogP contribution < -0.4 is 10.9 Å². The van der Waals surface area contributed by atoms with Crippen LogP contribution in [0.25, 0.3) is 0 Å². The second kappa shape index (κ2) is 6.50. The minimum absolute atomic E-state index is 0.0532. The van der Waals surface area contributed by atoms with Gasteiger partial charge < -0.3 is 5.32 Å². The highest BCUT2D eigenvalue weighted by Crippen LogP contribution is 2.29. The van der Waals surface area contributed by atoms with Crippen molar-refractivity contribution < 1.29 is 4.79 Å². The molecule has 116 valence electrons. The third kappa shape index (κ3) is 3.15. The van der Waals surface area contributed by atoms with Gasteiger partial charge in [0.2, 0.25) is 0 Å². The number of aromatic nitrogens is 2. The summed E-state index contributed by atoms with van der Waals surface area (Å²) >= 11 is 12.1. The number of nitrogens with one attached hydrogen (secondary N) is 2. The summed E-state index contributed by atoms with van der Waals surface area (Å²) in [5.74, 6) is -0.479. The second-order valence-electron chi connectivity index (χ2n) is 4.98. The minimum Gasteiger partial charge on any atom is -0.345 e. The van der Waals surface area contributed by atoms with Crippen LogP contribution >= 0.6 is 23.2 Å². The molecular formula is C15H15Cl2N3O2. The number of hydrogen-bond acceptors (Lipinski definition) is 3. The highest BCUT2D eigenvalue weighted by Gasteiger charge is 2.20. The van der Waals surface area contributed by atoms with Gasteiger partial charge in [-0.05, 0) is 38.0 Å². The molecule has 0 saturated heterocycles. The Labute approximate surface area is 137 Å². The van der Waals surface area contributed by atoms with Crippen LogP contribution in [0.3, 0.4) is 0 Å². The van der Waals surface area contributed by atoms with Crippen molar-refractivity contribution in [1.82, 2.24) is 15.5 Å². The van der Waals surface area contributed by atoms with Gasteiger partial charge in [0.05, 0.1) is 21.8 Å². The lowest BCUT2D eigenvalue weighted by atomic mass is 10.1. The van der Waals surface area contributed by atoms with E-state index in [-0.39, 0.29) is 5.56 Å². The van der Waals surface area contributed by atoms with Crippen molar-refractivity contribution in [2.24, 2.45) is 0 Å². The van der Waals surface area contributed by atoms with Crippen LogP contribution in [0, 0.1) is 13.8 Å². The van der Waals surface area contributed by atoms with Crippen LogP contribution in [0.2, 0.25) is 10.0 Å². The number of carbonyl (C=O) groups excluding carboxylic acids is 1. The summed E-state index contributed by atoms with van der Waals surface area (Å²) in [6.07, 6.45) is 0. The molecule has 2 rings (SSSR count). The number of carbonyl (C=O) groups is 1. The van der Waals surface area contributed by atoms with Gasteiger partial charge in [-0.1, -0.05) is 35.3 Å². The van der Waals surface area contributed by atoms with E-state index in [9.17, 15) is 9.59 Å². The van der Waals surface area contributed by atoms with E-state index in [2.05, 4.69) is 15.5 Å². The summed E-state index contributed by atoms with van der Waals surface area (Å²) < 4.78 is 0. The summed E-state index contributed by atoms with van der Waals surface area (Å²) in [5.41, 5.74) is 1.36. The molecule has 2 N–H and O–H groups in total. The number of amides is 1. The lowest BCUT2D eigenvalue weighted by Crippen LogP contribution is -2.33. The van der Waals surface area contributed by atoms with Crippen LogP contribution in [0.5, 0.6) is 0 Å². The third-order valence-electron chi connectivity index (χ3n) is 3.49. The molecule has 0 aliphatic heterocycles. The molecule has 1 aromatic carbocycles. The number of benzene rings is 1. The molecule has 5 nitrogen and oxygen atoms in total. The molecule has 7 heteroatoms. The van der Waals surface area contributed by atoms with Gasteiger partial charge in [-0.2, -0.15) is 5.10 Å². The smallest absolute Gasteiger partial charge is 0.277 e. The summed E-state index contributed by atoms with van der Waals surface area (Å²) in [4.78, 5) is 24.2. The quantitative estimate of drug-likeness (QED) is 0.901. The highest BCUT2D eigenvalue weighted by atomic mass is 35.5. The zero-order valence-electron chi connectivity index (χ0n) is 12.3. The van der Waals surface area contributed by atoms with Crippen LogP contribution in [0.1, 0.15) is 40.1 Å². The molecule has 0 bridgehead atoms. The van der Waals surface area contributed by atoms with Crippen molar-refractivity contribution in [3.05, 3.63) is 61.0 Å². The maximum Gasteiger partial charge on any atom is 0.277 e. The summed E-state index contributed by atoms with van der Waals surface area (Å²) in [6, 6.07) is 4.80. The Morgan fingerprint density at radius 3 is 2.68 bits per heavy atom. The zero-order chi connectivity index (χ0) is 16.4. The lowest BCUT2D eigenvalue weighted by Gasteiger charge is -2.17. The SMILES string of the molecule is Cc1n[nH]c(=O)c(C(=O)N[C@H](C)c2cccc(Cl)c2Cl)c1C. The highest BCUT2D eigenvalue weighted by molar-refractivity contribution is 6.42. The lowest BCUT2D eigenvalue weighted by molar-refractivity contribution is 0.0937. The van der Waals surface area contributed by atoms with Gasteiger partial charge in [-0.25, -0.2) is 5.10 Å². The van der Waals surface area contributed by atoms with E-state index in [1.807, 2.05) is 0 Å². The third-order valence-corrected chi connectivity index (χ3v) is 4.33. The largest absolute Gasteiger partial charge is 0.345 e. The molecule has 1 amide bonds. The van der Waals surface area contributed by atoms with Crippen LogP contribution in [0.15, 0.2) is 23.0 Å². The normalized spacial score (nSPS) is 12.0. The van der Waals surface area contributed by atoms with E-state index < -0.39 is 17.5 Å². The Morgan fingerprint density at radius 2 is 2.00 bits per heavy atom. The molecule has 1 aromatic heterocycles. The van der Waals surface area contributed by atoms with E-state index in [1.165, 1.54) is 0 Å². The van der Waals surface area contributed by atoms with Gasteiger partial charge in [-0.3, -0.25) is 9.59 Å². The van der Waals surface area contributed by atoms with Gasteiger partial charge in [-0.15, -0.1) is 0 Å². The maximum atomic E-state index is 12.4. The Bertz CT molecular complexity index is 787. The Kier molecular flexibility index (Phi) is 4.88. The van der Waals surface area contributed by atoms with E-state index in [1.54, 1.807) is 39.0 Å². The standard InChI is InChI=1S/C15H15Cl2N3O2/c1-7-8(2)19-20-15(22)12(7)14(21)18-9(3)10-5-4-6-11(16)13(10)17/h4-6,9H,1-3H3,(H,18,21)(H,20,22)/t9-/m1/s1. The molecule has 1 heterocycles. The first-order valence-corrected chi connectivity index (χ1v) is 7.39. The molecule has 1 atom stereocenters. The van der Waals surface area contributed by atoms with Crippen LogP contribution in [-0.4, -0.2) is 16.1 Å². The molecule has 0 fully saturated rings. The fourth-order valence-electron chi connectivity index (χ4n) is 2.10. The topological polar surface area (TPSA) is 74.8 Å². The zero-order valence-corrected chi connectivity index (χ0v) is 13.8. The van der Waals surface area contributed by atoms with E-state index in [4.69, 9.17) is 23.2 Å². The number of aromatic amines is 1. The summed E-state index contributed by atoms with van der Waals surface area (Å²) in [5, 5.41) is 9.69.